The third-order valence-electron chi connectivity index (χ3n) is 7.35. The van der Waals surface area contributed by atoms with Gasteiger partial charge in [-0.15, -0.1) is 0 Å². The van der Waals surface area contributed by atoms with E-state index in [1.54, 1.807) is 54.6 Å². The monoisotopic (exact) mass is 637 g/mol. The first kappa shape index (κ1) is 28.8. The van der Waals surface area contributed by atoms with Crippen molar-refractivity contribution < 1.29 is 29.0 Å². The number of benzene rings is 3. The number of hydrogen-bond donors (Lipinski definition) is 2. The number of amides is 3. The normalized spacial score (nSPS) is 19.1. The van der Waals surface area contributed by atoms with E-state index >= 15 is 0 Å². The summed E-state index contributed by atoms with van der Waals surface area (Å²) in [4.78, 5) is 55.7. The molecule has 1 saturated heterocycles. The van der Waals surface area contributed by atoms with Gasteiger partial charge in [-0.05, 0) is 66.2 Å². The van der Waals surface area contributed by atoms with Crippen LogP contribution < -0.4 is 24.6 Å². The van der Waals surface area contributed by atoms with Crippen LogP contribution >= 0.6 is 34.7 Å². The molecule has 3 amide bonds. The average molecular weight is 638 g/mol. The van der Waals surface area contributed by atoms with Gasteiger partial charge in [0.2, 0.25) is 17.7 Å². The second-order valence-electron chi connectivity index (χ2n) is 9.86. The second-order valence-corrected chi connectivity index (χ2v) is 12.4. The molecule has 1 aromatic heterocycles. The Hall–Kier alpha value is -4.26. The number of carbonyl (C=O) groups excluding carboxylic acids is 3. The molecule has 0 unspecified atom stereocenters. The number of aromatic hydroxyl groups is 1. The smallest absolute Gasteiger partial charge is 0.308 e. The summed E-state index contributed by atoms with van der Waals surface area (Å²) in [6.45, 7) is -0.308. The first-order valence-electron chi connectivity index (χ1n) is 13.0. The van der Waals surface area contributed by atoms with E-state index in [0.29, 0.717) is 43.4 Å². The van der Waals surface area contributed by atoms with E-state index in [1.165, 1.54) is 35.8 Å². The number of fused-ring (bicyclic) bond motifs is 2. The Morgan fingerprint density at radius 3 is 2.33 bits per heavy atom. The number of nitrogens with zero attached hydrogens (tertiary/aromatic N) is 2. The molecular weight excluding hydrogens is 614 g/mol. The molecule has 0 spiro atoms. The number of carbonyl (C=O) groups is 3. The lowest BCUT2D eigenvalue weighted by molar-refractivity contribution is -0.122. The number of aromatic nitrogens is 1. The maximum absolute atomic E-state index is 14.0. The van der Waals surface area contributed by atoms with Crippen LogP contribution in [-0.4, -0.2) is 46.9 Å². The minimum Gasteiger partial charge on any atom is -0.508 e. The number of imide groups is 1. The zero-order valence-corrected chi connectivity index (χ0v) is 25.2. The number of rotatable bonds is 7. The number of halogens is 1. The van der Waals surface area contributed by atoms with Crippen molar-refractivity contribution in [3.63, 3.8) is 0 Å². The van der Waals surface area contributed by atoms with Gasteiger partial charge in [0.25, 0.3) is 0 Å². The lowest BCUT2D eigenvalue weighted by Gasteiger charge is -2.31. The van der Waals surface area contributed by atoms with Crippen molar-refractivity contribution >= 4 is 63.8 Å². The van der Waals surface area contributed by atoms with Gasteiger partial charge in [0, 0.05) is 21.5 Å². The quantitative estimate of drug-likeness (QED) is 0.220. The Kier molecular flexibility index (Phi) is 7.67. The van der Waals surface area contributed by atoms with Gasteiger partial charge >= 0.3 is 4.87 Å². The van der Waals surface area contributed by atoms with Crippen molar-refractivity contribution in [3.05, 3.63) is 91.9 Å². The van der Waals surface area contributed by atoms with Gasteiger partial charge < -0.3 is 19.9 Å². The van der Waals surface area contributed by atoms with Gasteiger partial charge in [0.1, 0.15) is 17.5 Å². The molecule has 2 aliphatic rings. The van der Waals surface area contributed by atoms with Gasteiger partial charge in [0.05, 0.1) is 30.9 Å². The van der Waals surface area contributed by atoms with Gasteiger partial charge in [-0.3, -0.25) is 23.7 Å². The number of anilines is 2. The highest BCUT2D eigenvalue weighted by molar-refractivity contribution is 8.00. The van der Waals surface area contributed by atoms with Gasteiger partial charge in [0.15, 0.2) is 11.5 Å². The van der Waals surface area contributed by atoms with Crippen LogP contribution in [0.25, 0.3) is 0 Å². The van der Waals surface area contributed by atoms with E-state index in [0.717, 1.165) is 23.1 Å². The van der Waals surface area contributed by atoms with E-state index in [1.807, 2.05) is 0 Å². The Morgan fingerprint density at radius 1 is 0.953 bits per heavy atom. The predicted molar refractivity (Wildman–Crippen MR) is 164 cm³/mol. The molecule has 1 fully saturated rings. The minimum absolute atomic E-state index is 0.0525. The van der Waals surface area contributed by atoms with Crippen LogP contribution in [0.2, 0.25) is 5.02 Å². The van der Waals surface area contributed by atoms with E-state index in [-0.39, 0.29) is 12.3 Å². The fourth-order valence-corrected chi connectivity index (χ4v) is 8.29. The third-order valence-corrected chi connectivity index (χ3v) is 10.2. The number of thiazole rings is 1. The summed E-state index contributed by atoms with van der Waals surface area (Å²) in [7, 11) is 3.02. The molecule has 4 aromatic rings. The van der Waals surface area contributed by atoms with Crippen LogP contribution in [0.1, 0.15) is 16.4 Å². The molecule has 6 rings (SSSR count). The Labute approximate surface area is 258 Å². The largest absolute Gasteiger partial charge is 0.508 e. The number of nitrogens with one attached hydrogen (secondary N) is 1. The lowest BCUT2D eigenvalue weighted by atomic mass is 9.83. The summed E-state index contributed by atoms with van der Waals surface area (Å²) in [5.74, 6) is -1.80. The summed E-state index contributed by atoms with van der Waals surface area (Å²) in [5.41, 5.74) is 1.51. The molecule has 10 nitrogen and oxygen atoms in total. The molecule has 220 valence electrons. The van der Waals surface area contributed by atoms with Crippen LogP contribution in [0, 0.1) is 5.92 Å². The zero-order valence-electron chi connectivity index (χ0n) is 22.8. The molecule has 3 aromatic carbocycles. The van der Waals surface area contributed by atoms with E-state index in [2.05, 4.69) is 5.32 Å². The molecule has 0 saturated carbocycles. The van der Waals surface area contributed by atoms with Gasteiger partial charge in [-0.1, -0.05) is 40.8 Å². The Balaban J connectivity index is 1.43. The molecule has 0 bridgehead atoms. The maximum Gasteiger partial charge on any atom is 0.308 e. The molecule has 3 atom stereocenters. The Morgan fingerprint density at radius 2 is 1.65 bits per heavy atom. The van der Waals surface area contributed by atoms with Crippen LogP contribution in [0.5, 0.6) is 17.2 Å². The second kappa shape index (κ2) is 11.4. The minimum atomic E-state index is -0.853. The first-order valence-corrected chi connectivity index (χ1v) is 15.1. The number of thioether (sulfide) groups is 1. The number of phenolic OH excluding ortho intramolecular Hbond substituents is 1. The molecule has 0 aliphatic carbocycles. The predicted octanol–water partition coefficient (Wildman–Crippen LogP) is 4.72. The molecule has 3 heterocycles. The number of methoxy groups -OCH3 is 2. The zero-order chi connectivity index (χ0) is 30.4. The third kappa shape index (κ3) is 5.15. The Bertz CT molecular complexity index is 1800. The van der Waals surface area contributed by atoms with Crippen molar-refractivity contribution in [1.82, 2.24) is 4.57 Å². The number of hydrogen-bond acceptors (Lipinski definition) is 9. The highest BCUT2D eigenvalue weighted by atomic mass is 35.5. The molecular formula is C30H24ClN3O7S2. The van der Waals surface area contributed by atoms with Crippen molar-refractivity contribution in [1.29, 1.82) is 0 Å². The first-order chi connectivity index (χ1) is 20.7. The number of ether oxygens (including phenoxy) is 2. The van der Waals surface area contributed by atoms with E-state index < -0.39 is 39.7 Å². The summed E-state index contributed by atoms with van der Waals surface area (Å²) in [5, 5.41) is 12.3. The summed E-state index contributed by atoms with van der Waals surface area (Å²) >= 11 is 8.13. The molecule has 0 radical (unpaired) electrons. The van der Waals surface area contributed by atoms with Crippen LogP contribution in [0.15, 0.2) is 76.6 Å². The maximum atomic E-state index is 14.0. The average Bonchev–Trinajstić information content (AvgIpc) is 3.44. The fourth-order valence-electron chi connectivity index (χ4n) is 5.39. The van der Waals surface area contributed by atoms with E-state index in [4.69, 9.17) is 21.1 Å². The SMILES string of the molecule is COc1ccc([C@@H]2c3sc(=O)n(CC(=O)Nc4ccc(O)cc4)c3S[C@H]3C(=O)N(c4ccc(Cl)cc4)C(=O)[C@@H]23)cc1OC. The molecule has 13 heteroatoms. The molecule has 43 heavy (non-hydrogen) atoms. The fraction of sp³-hybridized carbons (Fsp3) is 0.200. The highest BCUT2D eigenvalue weighted by Gasteiger charge is 2.57. The van der Waals surface area contributed by atoms with E-state index in [9.17, 15) is 24.3 Å². The van der Waals surface area contributed by atoms with Crippen LogP contribution in [0.3, 0.4) is 0 Å². The van der Waals surface area contributed by atoms with Crippen LogP contribution in [-0.2, 0) is 20.9 Å². The summed E-state index contributed by atoms with van der Waals surface area (Å²) in [6, 6.07) is 17.7. The van der Waals surface area contributed by atoms with Crippen molar-refractivity contribution in [3.8, 4) is 17.2 Å². The highest BCUT2D eigenvalue weighted by Crippen LogP contribution is 2.54. The summed E-state index contributed by atoms with van der Waals surface area (Å²) in [6.07, 6.45) is 0. The summed E-state index contributed by atoms with van der Waals surface area (Å²) < 4.78 is 12.3. The van der Waals surface area contributed by atoms with Crippen molar-refractivity contribution in [2.45, 2.75) is 22.7 Å². The van der Waals surface area contributed by atoms with Crippen molar-refractivity contribution in [2.75, 3.05) is 24.4 Å². The van der Waals surface area contributed by atoms with Crippen molar-refractivity contribution in [2.24, 2.45) is 5.92 Å². The van der Waals surface area contributed by atoms with Crippen LogP contribution in [0.4, 0.5) is 11.4 Å². The standard InChI is InChI=1S/C30H24ClN3O7S2/c1-40-20-12-3-15(13-21(20)41-2)23-24-25(28(38)34(27(24)37)18-8-4-16(31)5-9-18)42-29-26(23)43-30(39)33(29)14-22(36)32-17-6-10-19(35)11-7-17/h3-13,23-25,35H,14H2,1-2H3,(H,32,36)/t23-,24-,25+/m0/s1. The topological polar surface area (TPSA) is 127 Å². The molecule has 2 N–H and O–H groups in total. The lowest BCUT2D eigenvalue weighted by Crippen LogP contribution is -2.33. The van der Waals surface area contributed by atoms with Gasteiger partial charge in [-0.25, -0.2) is 4.90 Å². The van der Waals surface area contributed by atoms with Gasteiger partial charge in [-0.2, -0.15) is 0 Å². The number of phenols is 1. The molecule has 2 aliphatic heterocycles.